The van der Waals surface area contributed by atoms with Crippen LogP contribution in [0.3, 0.4) is 0 Å². The summed E-state index contributed by atoms with van der Waals surface area (Å²) in [6, 6.07) is 15.1. The zero-order valence-corrected chi connectivity index (χ0v) is 17.8. The molecule has 3 heterocycles. The van der Waals surface area contributed by atoms with Gasteiger partial charge >= 0.3 is 0 Å². The highest BCUT2D eigenvalue weighted by Gasteiger charge is 2.45. The fraction of sp³-hybridized carbons (Fsp3) is 0.560. The van der Waals surface area contributed by atoms with Gasteiger partial charge in [-0.3, -0.25) is 4.98 Å². The maximum Gasteiger partial charge on any atom is 0.105 e. The molecule has 150 valence electrons. The first-order chi connectivity index (χ1) is 13.3. The van der Waals surface area contributed by atoms with E-state index in [1.807, 2.05) is 18.3 Å². The van der Waals surface area contributed by atoms with Gasteiger partial charge < -0.3 is 9.47 Å². The summed E-state index contributed by atoms with van der Waals surface area (Å²) in [7, 11) is 0. The van der Waals surface area contributed by atoms with Crippen LogP contribution in [-0.4, -0.2) is 18.2 Å². The third-order valence-corrected chi connectivity index (χ3v) is 6.68. The second-order valence-electron chi connectivity index (χ2n) is 10.3. The minimum Gasteiger partial charge on any atom is -0.373 e. The average Bonchev–Trinajstić information content (AvgIpc) is 2.51. The Morgan fingerprint density at radius 3 is 2.21 bits per heavy atom. The van der Waals surface area contributed by atoms with Gasteiger partial charge in [0.25, 0.3) is 0 Å². The topological polar surface area (TPSA) is 31.4 Å². The lowest BCUT2D eigenvalue weighted by atomic mass is 9.68. The van der Waals surface area contributed by atoms with Crippen LogP contribution in [0.5, 0.6) is 0 Å². The Hall–Kier alpha value is -1.71. The highest BCUT2D eigenvalue weighted by atomic mass is 16.5. The molecule has 0 bridgehead atoms. The first-order valence-electron chi connectivity index (χ1n) is 10.5. The van der Waals surface area contributed by atoms with Crippen molar-refractivity contribution in [3.63, 3.8) is 0 Å². The van der Waals surface area contributed by atoms with E-state index in [0.29, 0.717) is 11.8 Å². The van der Waals surface area contributed by atoms with Gasteiger partial charge in [-0.2, -0.15) is 0 Å². The Morgan fingerprint density at radius 1 is 0.893 bits per heavy atom. The summed E-state index contributed by atoms with van der Waals surface area (Å²) >= 11 is 0. The predicted molar refractivity (Wildman–Crippen MR) is 112 cm³/mol. The highest BCUT2D eigenvalue weighted by molar-refractivity contribution is 5.28. The van der Waals surface area contributed by atoms with E-state index in [2.05, 4.69) is 69.9 Å². The summed E-state index contributed by atoms with van der Waals surface area (Å²) in [4.78, 5) is 4.52. The van der Waals surface area contributed by atoms with Crippen molar-refractivity contribution in [2.45, 2.75) is 53.2 Å². The molecule has 0 spiro atoms. The molecule has 2 aromatic rings. The molecule has 2 saturated heterocycles. The van der Waals surface area contributed by atoms with Gasteiger partial charge in [0.05, 0.1) is 25.0 Å². The maximum absolute atomic E-state index is 5.97. The van der Waals surface area contributed by atoms with Gasteiger partial charge in [0.1, 0.15) is 6.10 Å². The van der Waals surface area contributed by atoms with Gasteiger partial charge in [-0.1, -0.05) is 65.0 Å². The molecule has 2 aliphatic rings. The van der Waals surface area contributed by atoms with Crippen molar-refractivity contribution in [2.75, 3.05) is 13.2 Å². The number of aromatic nitrogens is 1. The van der Waals surface area contributed by atoms with Crippen LogP contribution in [0, 0.1) is 22.7 Å². The Balaban J connectivity index is 1.48. The summed E-state index contributed by atoms with van der Waals surface area (Å²) in [5.74, 6) is 1.07. The largest absolute Gasteiger partial charge is 0.373 e. The van der Waals surface area contributed by atoms with E-state index in [-0.39, 0.29) is 23.0 Å². The smallest absolute Gasteiger partial charge is 0.105 e. The lowest BCUT2D eigenvalue weighted by Gasteiger charge is -2.47. The molecule has 1 aromatic carbocycles. The van der Waals surface area contributed by atoms with Gasteiger partial charge in [0, 0.05) is 18.0 Å². The number of benzene rings is 1. The monoisotopic (exact) mass is 379 g/mol. The summed E-state index contributed by atoms with van der Waals surface area (Å²) in [5.41, 5.74) is 4.18. The van der Waals surface area contributed by atoms with Crippen LogP contribution in [0.1, 0.15) is 63.6 Å². The van der Waals surface area contributed by atoms with Crippen molar-refractivity contribution >= 4 is 0 Å². The molecule has 3 nitrogen and oxygen atoms in total. The number of hydrogen-bond acceptors (Lipinski definition) is 3. The molecular formula is C25H33NO2. The molecule has 0 aliphatic carbocycles. The lowest BCUT2D eigenvalue weighted by molar-refractivity contribution is -0.165. The fourth-order valence-corrected chi connectivity index (χ4v) is 4.62. The molecule has 2 fully saturated rings. The Bertz CT molecular complexity index is 809. The first-order valence-corrected chi connectivity index (χ1v) is 10.5. The molecular weight excluding hydrogens is 346 g/mol. The van der Waals surface area contributed by atoms with Crippen LogP contribution < -0.4 is 0 Å². The van der Waals surface area contributed by atoms with E-state index in [9.17, 15) is 0 Å². The van der Waals surface area contributed by atoms with Crippen LogP contribution in [0.2, 0.25) is 0 Å². The van der Waals surface area contributed by atoms with Crippen molar-refractivity contribution in [2.24, 2.45) is 22.7 Å². The highest BCUT2D eigenvalue weighted by Crippen LogP contribution is 2.48. The van der Waals surface area contributed by atoms with Crippen molar-refractivity contribution in [3.8, 4) is 0 Å². The summed E-state index contributed by atoms with van der Waals surface area (Å²) in [5, 5.41) is 0. The van der Waals surface area contributed by atoms with E-state index in [1.165, 1.54) is 11.1 Å². The molecule has 4 unspecified atom stereocenters. The summed E-state index contributed by atoms with van der Waals surface area (Å²) in [6.07, 6.45) is 3.23. The van der Waals surface area contributed by atoms with Gasteiger partial charge in [-0.25, -0.2) is 0 Å². The zero-order valence-electron chi connectivity index (χ0n) is 17.8. The molecule has 0 saturated carbocycles. The molecule has 0 radical (unpaired) electrons. The van der Waals surface area contributed by atoms with Crippen molar-refractivity contribution < 1.29 is 9.47 Å². The molecule has 2 aliphatic heterocycles. The maximum atomic E-state index is 5.97. The fourth-order valence-electron chi connectivity index (χ4n) is 4.62. The molecule has 0 N–H and O–H groups in total. The van der Waals surface area contributed by atoms with Gasteiger partial charge in [-0.15, -0.1) is 0 Å². The van der Waals surface area contributed by atoms with Crippen molar-refractivity contribution in [1.29, 1.82) is 0 Å². The van der Waals surface area contributed by atoms with Crippen LogP contribution in [0.4, 0.5) is 0 Å². The molecule has 0 amide bonds. The molecule has 4 rings (SSSR count). The number of rotatable bonds is 5. The predicted octanol–water partition coefficient (Wildman–Crippen LogP) is 5.77. The van der Waals surface area contributed by atoms with Crippen molar-refractivity contribution in [1.82, 2.24) is 4.98 Å². The van der Waals surface area contributed by atoms with Gasteiger partial charge in [0.2, 0.25) is 0 Å². The van der Waals surface area contributed by atoms with E-state index in [4.69, 9.17) is 9.47 Å². The third kappa shape index (κ3) is 3.75. The zero-order chi connectivity index (χ0) is 19.9. The van der Waals surface area contributed by atoms with Crippen LogP contribution in [0.15, 0.2) is 48.7 Å². The Labute approximate surface area is 169 Å². The lowest BCUT2D eigenvalue weighted by Crippen LogP contribution is -2.44. The van der Waals surface area contributed by atoms with E-state index in [1.54, 1.807) is 0 Å². The summed E-state index contributed by atoms with van der Waals surface area (Å²) in [6.45, 7) is 13.3. The molecule has 3 heteroatoms. The second kappa shape index (κ2) is 7.27. The minimum absolute atomic E-state index is 0.111. The summed E-state index contributed by atoms with van der Waals surface area (Å²) < 4.78 is 11.9. The SMILES string of the molecule is CC(C)(C)C1COC1c1cccc(CC(C)(C)C2COC2c2ccccn2)c1. The molecule has 28 heavy (non-hydrogen) atoms. The third-order valence-electron chi connectivity index (χ3n) is 6.68. The Morgan fingerprint density at radius 2 is 1.64 bits per heavy atom. The van der Waals surface area contributed by atoms with Crippen LogP contribution >= 0.6 is 0 Å². The normalized spacial score (nSPS) is 27.8. The van der Waals surface area contributed by atoms with Crippen molar-refractivity contribution in [3.05, 3.63) is 65.5 Å². The second-order valence-corrected chi connectivity index (χ2v) is 10.3. The molecule has 1 aromatic heterocycles. The quantitative estimate of drug-likeness (QED) is 0.661. The van der Waals surface area contributed by atoms with E-state index in [0.717, 1.165) is 25.3 Å². The van der Waals surface area contributed by atoms with Crippen LogP contribution in [-0.2, 0) is 15.9 Å². The average molecular weight is 380 g/mol. The number of pyridine rings is 1. The number of ether oxygens (including phenoxy) is 2. The van der Waals surface area contributed by atoms with Crippen LogP contribution in [0.25, 0.3) is 0 Å². The van der Waals surface area contributed by atoms with Gasteiger partial charge in [0.15, 0.2) is 0 Å². The number of nitrogens with zero attached hydrogens (tertiary/aromatic N) is 1. The first kappa shape index (κ1) is 19.6. The molecule has 4 atom stereocenters. The number of hydrogen-bond donors (Lipinski definition) is 0. The van der Waals surface area contributed by atoms with E-state index >= 15 is 0 Å². The van der Waals surface area contributed by atoms with E-state index < -0.39 is 0 Å². The van der Waals surface area contributed by atoms with Gasteiger partial charge in [-0.05, 0) is 40.5 Å². The minimum atomic E-state index is 0.111. The Kier molecular flexibility index (Phi) is 5.09. The standard InChI is InChI=1S/C25H33NO2/c1-24(2,3)19-15-27-22(19)18-10-8-9-17(13-18)14-25(4,5)20-16-28-23(20)21-11-6-7-12-26-21/h6-13,19-20,22-23H,14-16H2,1-5H3.